The molecule has 1 atom stereocenters. The third kappa shape index (κ3) is 2.72. The zero-order chi connectivity index (χ0) is 15.5. The molecule has 112 valence electrons. The third-order valence-corrected chi connectivity index (χ3v) is 3.81. The van der Waals surface area contributed by atoms with E-state index in [4.69, 9.17) is 4.74 Å². The molecule has 0 spiro atoms. The fourth-order valence-corrected chi connectivity index (χ4v) is 2.80. The van der Waals surface area contributed by atoms with Crippen LogP contribution in [-0.4, -0.2) is 24.5 Å². The molecule has 4 heteroatoms. The van der Waals surface area contributed by atoms with Gasteiger partial charge in [0.05, 0.1) is 5.56 Å². The minimum Gasteiger partial charge on any atom is -0.452 e. The van der Waals surface area contributed by atoms with Crippen LogP contribution in [0.25, 0.3) is 0 Å². The largest absolute Gasteiger partial charge is 0.452 e. The Kier molecular flexibility index (Phi) is 3.92. The van der Waals surface area contributed by atoms with Crippen LogP contribution >= 0.6 is 0 Å². The number of hydrogen-bond donors (Lipinski definition) is 0. The quantitative estimate of drug-likeness (QED) is 0.818. The average molecular weight is 295 g/mol. The normalized spacial score (nSPS) is 16.2. The average Bonchev–Trinajstić information content (AvgIpc) is 2.89. The molecule has 0 unspecified atom stereocenters. The third-order valence-electron chi connectivity index (χ3n) is 3.81. The number of esters is 1. The lowest BCUT2D eigenvalue weighted by Gasteiger charge is -2.22. The number of carbonyl (C=O) groups excluding carboxylic acids is 2. The van der Waals surface area contributed by atoms with Gasteiger partial charge in [-0.05, 0) is 37.1 Å². The molecule has 0 aromatic heterocycles. The molecular formula is C18H17NO3. The lowest BCUT2D eigenvalue weighted by atomic mass is 10.1. The molecule has 1 heterocycles. The zero-order valence-electron chi connectivity index (χ0n) is 12.4. The summed E-state index contributed by atoms with van der Waals surface area (Å²) in [6, 6.07) is 16.6. The van der Waals surface area contributed by atoms with Crippen molar-refractivity contribution in [3.8, 4) is 0 Å². The van der Waals surface area contributed by atoms with E-state index >= 15 is 0 Å². The summed E-state index contributed by atoms with van der Waals surface area (Å²) in [7, 11) is 0. The SMILES string of the molecule is C[C@@H]1Cc2ccccc2N1C(=O)COC(=O)c1ccccc1. The van der Waals surface area contributed by atoms with Crippen molar-refractivity contribution in [2.75, 3.05) is 11.5 Å². The van der Waals surface area contributed by atoms with Crippen molar-refractivity contribution >= 4 is 17.6 Å². The number of para-hydroxylation sites is 1. The van der Waals surface area contributed by atoms with Gasteiger partial charge in [-0.15, -0.1) is 0 Å². The van der Waals surface area contributed by atoms with Crippen molar-refractivity contribution in [1.82, 2.24) is 0 Å². The van der Waals surface area contributed by atoms with E-state index in [1.165, 1.54) is 0 Å². The van der Waals surface area contributed by atoms with E-state index in [0.717, 1.165) is 17.7 Å². The van der Waals surface area contributed by atoms with Crippen LogP contribution in [0.4, 0.5) is 5.69 Å². The summed E-state index contributed by atoms with van der Waals surface area (Å²) in [5, 5.41) is 0. The molecule has 3 rings (SSSR count). The Morgan fingerprint density at radius 2 is 1.77 bits per heavy atom. The van der Waals surface area contributed by atoms with Crippen LogP contribution in [0.15, 0.2) is 54.6 Å². The molecule has 1 aliphatic heterocycles. The molecule has 0 bridgehead atoms. The Labute approximate surface area is 129 Å². The fraction of sp³-hybridized carbons (Fsp3) is 0.222. The first-order valence-corrected chi connectivity index (χ1v) is 7.29. The molecule has 22 heavy (non-hydrogen) atoms. The molecular weight excluding hydrogens is 278 g/mol. The van der Waals surface area contributed by atoms with Gasteiger partial charge in [0, 0.05) is 11.7 Å². The Balaban J connectivity index is 1.67. The molecule has 0 N–H and O–H groups in total. The van der Waals surface area contributed by atoms with Gasteiger partial charge in [-0.3, -0.25) is 4.79 Å². The number of nitrogens with zero attached hydrogens (tertiary/aromatic N) is 1. The van der Waals surface area contributed by atoms with Gasteiger partial charge in [0.15, 0.2) is 6.61 Å². The van der Waals surface area contributed by atoms with Crippen LogP contribution in [-0.2, 0) is 16.0 Å². The lowest BCUT2D eigenvalue weighted by molar-refractivity contribution is -0.122. The molecule has 2 aromatic carbocycles. The van der Waals surface area contributed by atoms with Gasteiger partial charge in [-0.2, -0.15) is 0 Å². The van der Waals surface area contributed by atoms with E-state index in [0.29, 0.717) is 5.56 Å². The first-order valence-electron chi connectivity index (χ1n) is 7.29. The number of anilines is 1. The van der Waals surface area contributed by atoms with Crippen molar-refractivity contribution in [1.29, 1.82) is 0 Å². The zero-order valence-corrected chi connectivity index (χ0v) is 12.4. The van der Waals surface area contributed by atoms with Gasteiger partial charge in [-0.1, -0.05) is 36.4 Å². The topological polar surface area (TPSA) is 46.6 Å². The summed E-state index contributed by atoms with van der Waals surface area (Å²) < 4.78 is 5.14. The molecule has 0 fully saturated rings. The first-order chi connectivity index (χ1) is 10.7. The highest BCUT2D eigenvalue weighted by Gasteiger charge is 2.30. The van der Waals surface area contributed by atoms with Gasteiger partial charge in [0.2, 0.25) is 0 Å². The van der Waals surface area contributed by atoms with Gasteiger partial charge >= 0.3 is 5.97 Å². The van der Waals surface area contributed by atoms with E-state index in [9.17, 15) is 9.59 Å². The van der Waals surface area contributed by atoms with E-state index in [1.54, 1.807) is 29.2 Å². The molecule has 4 nitrogen and oxygen atoms in total. The van der Waals surface area contributed by atoms with Crippen molar-refractivity contribution in [3.05, 3.63) is 65.7 Å². The van der Waals surface area contributed by atoms with Crippen molar-refractivity contribution < 1.29 is 14.3 Å². The molecule has 0 radical (unpaired) electrons. The van der Waals surface area contributed by atoms with E-state index < -0.39 is 5.97 Å². The van der Waals surface area contributed by atoms with Crippen molar-refractivity contribution in [2.24, 2.45) is 0 Å². The second kappa shape index (κ2) is 6.02. The Morgan fingerprint density at radius 1 is 1.09 bits per heavy atom. The van der Waals surface area contributed by atoms with E-state index in [2.05, 4.69) is 0 Å². The van der Waals surface area contributed by atoms with E-state index in [1.807, 2.05) is 37.3 Å². The Morgan fingerprint density at radius 3 is 2.55 bits per heavy atom. The van der Waals surface area contributed by atoms with Gasteiger partial charge in [0.1, 0.15) is 0 Å². The maximum atomic E-state index is 12.4. The predicted octanol–water partition coefficient (Wildman–Crippen LogP) is 2.82. The fourth-order valence-electron chi connectivity index (χ4n) is 2.80. The number of carbonyl (C=O) groups is 2. The van der Waals surface area contributed by atoms with Gasteiger partial charge < -0.3 is 9.64 Å². The summed E-state index contributed by atoms with van der Waals surface area (Å²) in [4.78, 5) is 26.0. The molecule has 1 amide bonds. The minimum absolute atomic E-state index is 0.0836. The summed E-state index contributed by atoms with van der Waals surface area (Å²) in [6.45, 7) is 1.75. The van der Waals surface area contributed by atoms with Crippen LogP contribution in [0.5, 0.6) is 0 Å². The monoisotopic (exact) mass is 295 g/mol. The summed E-state index contributed by atoms with van der Waals surface area (Å²) >= 11 is 0. The standard InChI is InChI=1S/C18H17NO3/c1-13-11-15-9-5-6-10-16(15)19(13)17(20)12-22-18(21)14-7-3-2-4-8-14/h2-10,13H,11-12H2,1H3/t13-/m1/s1. The van der Waals surface area contributed by atoms with E-state index in [-0.39, 0.29) is 18.6 Å². The number of ether oxygens (including phenoxy) is 1. The van der Waals surface area contributed by atoms with Crippen LogP contribution in [0.3, 0.4) is 0 Å². The van der Waals surface area contributed by atoms with Crippen LogP contribution in [0, 0.1) is 0 Å². The lowest BCUT2D eigenvalue weighted by Crippen LogP contribution is -2.38. The van der Waals surface area contributed by atoms with Crippen molar-refractivity contribution in [3.63, 3.8) is 0 Å². The van der Waals surface area contributed by atoms with Gasteiger partial charge in [-0.25, -0.2) is 4.79 Å². The summed E-state index contributed by atoms with van der Waals surface area (Å²) in [5.41, 5.74) is 2.51. The Bertz CT molecular complexity index is 696. The highest BCUT2D eigenvalue weighted by Crippen LogP contribution is 2.31. The predicted molar refractivity (Wildman–Crippen MR) is 83.8 cm³/mol. The Hall–Kier alpha value is -2.62. The smallest absolute Gasteiger partial charge is 0.338 e. The maximum absolute atomic E-state index is 12.4. The number of amides is 1. The number of benzene rings is 2. The molecule has 2 aromatic rings. The second-order valence-corrected chi connectivity index (χ2v) is 5.39. The summed E-state index contributed by atoms with van der Waals surface area (Å²) in [5.74, 6) is -0.671. The number of hydrogen-bond acceptors (Lipinski definition) is 3. The van der Waals surface area contributed by atoms with Gasteiger partial charge in [0.25, 0.3) is 5.91 Å². The first kappa shape index (κ1) is 14.3. The minimum atomic E-state index is -0.478. The summed E-state index contributed by atoms with van der Waals surface area (Å²) in [6.07, 6.45) is 0.828. The molecule has 0 saturated carbocycles. The van der Waals surface area contributed by atoms with Crippen LogP contribution in [0.2, 0.25) is 0 Å². The van der Waals surface area contributed by atoms with Crippen molar-refractivity contribution in [2.45, 2.75) is 19.4 Å². The second-order valence-electron chi connectivity index (χ2n) is 5.39. The van der Waals surface area contributed by atoms with Crippen LogP contribution < -0.4 is 4.90 Å². The van der Waals surface area contributed by atoms with Crippen LogP contribution in [0.1, 0.15) is 22.8 Å². The maximum Gasteiger partial charge on any atom is 0.338 e. The molecule has 0 saturated heterocycles. The molecule has 0 aliphatic carbocycles. The highest BCUT2D eigenvalue weighted by molar-refractivity contribution is 5.99. The highest BCUT2D eigenvalue weighted by atomic mass is 16.5. The number of rotatable bonds is 3. The molecule has 1 aliphatic rings. The number of fused-ring (bicyclic) bond motifs is 1.